The minimum atomic E-state index is -0.0947. The van der Waals surface area contributed by atoms with Crippen LogP contribution in [0.5, 0.6) is 0 Å². The lowest BCUT2D eigenvalue weighted by molar-refractivity contribution is -0.126. The van der Waals surface area contributed by atoms with Crippen LogP contribution in [0.4, 0.5) is 0 Å². The fraction of sp³-hybridized carbons (Fsp3) is 0.933. The molecule has 0 spiro atoms. The van der Waals surface area contributed by atoms with E-state index in [0.29, 0.717) is 6.54 Å². The Morgan fingerprint density at radius 2 is 2.11 bits per heavy atom. The lowest BCUT2D eigenvalue weighted by Gasteiger charge is -2.37. The number of hydrogen-bond donors (Lipinski definition) is 2. The first-order valence-electron chi connectivity index (χ1n) is 7.91. The largest absolute Gasteiger partial charge is 0.373 e. The third kappa shape index (κ3) is 4.18. The van der Waals surface area contributed by atoms with Crippen LogP contribution in [0.25, 0.3) is 0 Å². The van der Waals surface area contributed by atoms with Crippen LogP contribution in [-0.2, 0) is 9.53 Å². The second-order valence-electron chi connectivity index (χ2n) is 5.96. The van der Waals surface area contributed by atoms with Gasteiger partial charge in [-0.3, -0.25) is 4.79 Å². The number of hydrogen-bond acceptors (Lipinski definition) is 3. The Morgan fingerprint density at radius 3 is 2.74 bits per heavy atom. The average Bonchev–Trinajstić information content (AvgIpc) is 2.98. The minimum absolute atomic E-state index is 0.0202. The van der Waals surface area contributed by atoms with Gasteiger partial charge in [-0.05, 0) is 38.6 Å². The summed E-state index contributed by atoms with van der Waals surface area (Å²) >= 11 is 0. The molecule has 4 heteroatoms. The lowest BCUT2D eigenvalue weighted by atomic mass is 9.84. The van der Waals surface area contributed by atoms with Gasteiger partial charge in [-0.2, -0.15) is 0 Å². The Kier molecular flexibility index (Phi) is 5.64. The predicted octanol–water partition coefficient (Wildman–Crippen LogP) is 1.98. The Hall–Kier alpha value is -0.610. The molecule has 4 nitrogen and oxygen atoms in total. The second-order valence-corrected chi connectivity index (χ2v) is 5.96. The molecule has 0 aromatic carbocycles. The number of carbonyl (C=O) groups excluding carboxylic acids is 1. The Balaban J connectivity index is 1.82. The highest BCUT2D eigenvalue weighted by atomic mass is 16.5. The molecule has 1 aliphatic carbocycles. The topological polar surface area (TPSA) is 50.4 Å². The molecule has 2 fully saturated rings. The molecule has 110 valence electrons. The van der Waals surface area contributed by atoms with Crippen molar-refractivity contribution in [2.45, 2.75) is 69.9 Å². The van der Waals surface area contributed by atoms with Crippen LogP contribution < -0.4 is 10.6 Å². The van der Waals surface area contributed by atoms with E-state index in [-0.39, 0.29) is 17.6 Å². The first kappa shape index (κ1) is 14.8. The van der Waals surface area contributed by atoms with Crippen molar-refractivity contribution in [2.75, 3.05) is 19.7 Å². The van der Waals surface area contributed by atoms with Crippen molar-refractivity contribution in [2.24, 2.45) is 0 Å². The van der Waals surface area contributed by atoms with E-state index in [4.69, 9.17) is 4.74 Å². The fourth-order valence-corrected chi connectivity index (χ4v) is 3.17. The smallest absolute Gasteiger partial charge is 0.237 e. The molecule has 0 radical (unpaired) electrons. The monoisotopic (exact) mass is 268 g/mol. The Bertz CT molecular complexity index is 282. The van der Waals surface area contributed by atoms with E-state index < -0.39 is 0 Å². The van der Waals surface area contributed by atoms with Crippen molar-refractivity contribution in [3.63, 3.8) is 0 Å². The zero-order valence-corrected chi connectivity index (χ0v) is 12.2. The third-order valence-corrected chi connectivity index (χ3v) is 4.34. The molecule has 1 atom stereocenters. The molecule has 1 saturated carbocycles. The van der Waals surface area contributed by atoms with Crippen LogP contribution in [0.1, 0.15) is 58.3 Å². The van der Waals surface area contributed by atoms with Crippen LogP contribution in [0.3, 0.4) is 0 Å². The van der Waals surface area contributed by atoms with E-state index in [9.17, 15) is 4.79 Å². The summed E-state index contributed by atoms with van der Waals surface area (Å²) in [6, 6.07) is 0.0202. The van der Waals surface area contributed by atoms with E-state index in [2.05, 4.69) is 17.6 Å². The van der Waals surface area contributed by atoms with Gasteiger partial charge in [0.2, 0.25) is 5.91 Å². The van der Waals surface area contributed by atoms with Crippen molar-refractivity contribution < 1.29 is 9.53 Å². The van der Waals surface area contributed by atoms with Gasteiger partial charge in [-0.1, -0.05) is 26.2 Å². The molecular formula is C15H28N2O2. The number of ether oxygens (including phenoxy) is 1. The maximum Gasteiger partial charge on any atom is 0.237 e. The summed E-state index contributed by atoms with van der Waals surface area (Å²) in [6.45, 7) is 4.59. The van der Waals surface area contributed by atoms with Crippen LogP contribution in [0.2, 0.25) is 0 Å². The van der Waals surface area contributed by atoms with Crippen molar-refractivity contribution in [1.29, 1.82) is 0 Å². The Morgan fingerprint density at radius 1 is 1.32 bits per heavy atom. The maximum atomic E-state index is 12.1. The molecule has 0 aromatic rings. The van der Waals surface area contributed by atoms with Crippen LogP contribution in [-0.4, -0.2) is 37.2 Å². The molecule has 2 rings (SSSR count). The van der Waals surface area contributed by atoms with E-state index in [1.165, 1.54) is 19.3 Å². The number of carbonyl (C=O) groups is 1. The highest BCUT2D eigenvalue weighted by Gasteiger charge is 2.34. The third-order valence-electron chi connectivity index (χ3n) is 4.34. The lowest BCUT2D eigenvalue weighted by Crippen LogP contribution is -2.50. The number of nitrogens with one attached hydrogen (secondary N) is 2. The molecule has 1 amide bonds. The first-order valence-corrected chi connectivity index (χ1v) is 7.91. The van der Waals surface area contributed by atoms with Gasteiger partial charge in [0.1, 0.15) is 0 Å². The molecule has 19 heavy (non-hydrogen) atoms. The summed E-state index contributed by atoms with van der Waals surface area (Å²) in [7, 11) is 0. The maximum absolute atomic E-state index is 12.1. The summed E-state index contributed by atoms with van der Waals surface area (Å²) in [5.41, 5.74) is -0.0947. The first-order chi connectivity index (χ1) is 9.26. The molecule has 1 heterocycles. The summed E-state index contributed by atoms with van der Waals surface area (Å²) in [5.74, 6) is 0.155. The van der Waals surface area contributed by atoms with Crippen molar-refractivity contribution in [3.05, 3.63) is 0 Å². The summed E-state index contributed by atoms with van der Waals surface area (Å²) in [6.07, 6.45) is 9.04. The molecule has 2 N–H and O–H groups in total. The molecular weight excluding hydrogens is 240 g/mol. The van der Waals surface area contributed by atoms with Crippen LogP contribution in [0, 0.1) is 0 Å². The molecule has 0 aromatic heterocycles. The van der Waals surface area contributed by atoms with Crippen molar-refractivity contribution >= 4 is 5.91 Å². The highest BCUT2D eigenvalue weighted by Crippen LogP contribution is 2.31. The average molecular weight is 268 g/mol. The van der Waals surface area contributed by atoms with Gasteiger partial charge in [0.25, 0.3) is 0 Å². The van der Waals surface area contributed by atoms with E-state index >= 15 is 0 Å². The molecule has 2 aliphatic rings. The normalized spacial score (nSPS) is 26.3. The quantitative estimate of drug-likeness (QED) is 0.774. The molecule has 1 aliphatic heterocycles. The fourth-order valence-electron chi connectivity index (χ4n) is 3.17. The SMILES string of the molecule is CCCOC1(CNC(=O)C2CCCN2)CCCCC1. The van der Waals surface area contributed by atoms with Gasteiger partial charge in [-0.15, -0.1) is 0 Å². The summed E-state index contributed by atoms with van der Waals surface area (Å²) < 4.78 is 6.10. The molecule has 1 unspecified atom stereocenters. The Labute approximate surface area is 116 Å². The van der Waals surface area contributed by atoms with E-state index in [1.807, 2.05) is 0 Å². The predicted molar refractivity (Wildman–Crippen MR) is 76.1 cm³/mol. The van der Waals surface area contributed by atoms with Gasteiger partial charge in [0.05, 0.1) is 11.6 Å². The van der Waals surface area contributed by atoms with Gasteiger partial charge >= 0.3 is 0 Å². The summed E-state index contributed by atoms with van der Waals surface area (Å²) in [5, 5.41) is 6.36. The molecule has 0 bridgehead atoms. The van der Waals surface area contributed by atoms with E-state index in [0.717, 1.165) is 45.3 Å². The van der Waals surface area contributed by atoms with Crippen LogP contribution in [0.15, 0.2) is 0 Å². The van der Waals surface area contributed by atoms with Crippen molar-refractivity contribution in [1.82, 2.24) is 10.6 Å². The van der Waals surface area contributed by atoms with Crippen molar-refractivity contribution in [3.8, 4) is 0 Å². The zero-order chi connectivity index (χ0) is 13.6. The number of amides is 1. The van der Waals surface area contributed by atoms with Crippen LogP contribution >= 0.6 is 0 Å². The van der Waals surface area contributed by atoms with Gasteiger partial charge < -0.3 is 15.4 Å². The van der Waals surface area contributed by atoms with Gasteiger partial charge in [0, 0.05) is 13.2 Å². The summed E-state index contributed by atoms with van der Waals surface area (Å²) in [4.78, 5) is 12.1. The minimum Gasteiger partial charge on any atom is -0.373 e. The standard InChI is InChI=1S/C15H28N2O2/c1-2-11-19-15(8-4-3-5-9-15)12-17-14(18)13-7-6-10-16-13/h13,16H,2-12H2,1H3,(H,17,18). The van der Waals surface area contributed by atoms with Gasteiger partial charge in [-0.25, -0.2) is 0 Å². The highest BCUT2D eigenvalue weighted by molar-refractivity contribution is 5.82. The molecule has 1 saturated heterocycles. The number of rotatable bonds is 6. The van der Waals surface area contributed by atoms with E-state index in [1.54, 1.807) is 0 Å². The zero-order valence-electron chi connectivity index (χ0n) is 12.2. The second kappa shape index (κ2) is 7.25. The van der Waals surface area contributed by atoms with Gasteiger partial charge in [0.15, 0.2) is 0 Å².